The number of unbranched alkanes of at least 4 members (excludes halogenated alkanes) is 1. The van der Waals surface area contributed by atoms with Crippen LogP contribution in [0.1, 0.15) is 43.7 Å². The van der Waals surface area contributed by atoms with Crippen molar-refractivity contribution >= 4 is 0 Å². The number of benzene rings is 1. The highest BCUT2D eigenvalue weighted by Crippen LogP contribution is 2.26. The molecule has 0 amide bonds. The highest BCUT2D eigenvalue weighted by atomic mass is 16.5. The Morgan fingerprint density at radius 1 is 1.39 bits per heavy atom. The number of rotatable bonds is 7. The van der Waals surface area contributed by atoms with Gasteiger partial charge in [-0.1, -0.05) is 31.9 Å². The molecule has 1 unspecified atom stereocenters. The molecule has 2 rings (SSSR count). The van der Waals surface area contributed by atoms with E-state index in [4.69, 9.17) is 10.6 Å². The van der Waals surface area contributed by atoms with Crippen molar-refractivity contribution in [2.75, 3.05) is 6.61 Å². The first-order valence-electron chi connectivity index (χ1n) is 7.04. The second kappa shape index (κ2) is 6.76. The van der Waals surface area contributed by atoms with Crippen LogP contribution in [0, 0.1) is 0 Å². The van der Waals surface area contributed by atoms with Crippen molar-refractivity contribution in [1.82, 2.24) is 5.43 Å². The summed E-state index contributed by atoms with van der Waals surface area (Å²) >= 11 is 0. The standard InChI is InChI=1S/C15H24N2O/c1-2-3-4-14(17-16)7-5-12-6-8-15-13(11-12)9-10-18-15/h6,8,11,14,17H,2-5,7,9-10,16H2,1H3. The Morgan fingerprint density at radius 2 is 2.28 bits per heavy atom. The van der Waals surface area contributed by atoms with Gasteiger partial charge in [-0.2, -0.15) is 0 Å². The quantitative estimate of drug-likeness (QED) is 0.576. The molecule has 0 spiro atoms. The summed E-state index contributed by atoms with van der Waals surface area (Å²) in [6.07, 6.45) is 6.89. The summed E-state index contributed by atoms with van der Waals surface area (Å²) in [7, 11) is 0. The molecule has 1 heterocycles. The van der Waals surface area contributed by atoms with E-state index in [1.807, 2.05) is 0 Å². The lowest BCUT2D eigenvalue weighted by atomic mass is 9.99. The Hall–Kier alpha value is -1.06. The Balaban J connectivity index is 1.85. The molecular weight excluding hydrogens is 224 g/mol. The fourth-order valence-corrected chi connectivity index (χ4v) is 2.50. The van der Waals surface area contributed by atoms with Crippen molar-refractivity contribution in [3.8, 4) is 5.75 Å². The van der Waals surface area contributed by atoms with Crippen LogP contribution in [0.15, 0.2) is 18.2 Å². The van der Waals surface area contributed by atoms with Crippen molar-refractivity contribution in [3.05, 3.63) is 29.3 Å². The second-order valence-electron chi connectivity index (χ2n) is 5.09. The first-order valence-corrected chi connectivity index (χ1v) is 7.04. The summed E-state index contributed by atoms with van der Waals surface area (Å²) in [6, 6.07) is 7.01. The number of nitrogens with two attached hydrogens (primary N) is 1. The van der Waals surface area contributed by atoms with Crippen LogP contribution in [0.4, 0.5) is 0 Å². The van der Waals surface area contributed by atoms with Crippen molar-refractivity contribution < 1.29 is 4.74 Å². The van der Waals surface area contributed by atoms with Crippen LogP contribution in [0.5, 0.6) is 5.75 Å². The zero-order chi connectivity index (χ0) is 12.8. The molecule has 1 aromatic carbocycles. The Morgan fingerprint density at radius 3 is 3.06 bits per heavy atom. The number of aryl methyl sites for hydroxylation is 1. The molecular formula is C15H24N2O. The van der Waals surface area contributed by atoms with Gasteiger partial charge in [0, 0.05) is 12.5 Å². The molecule has 1 atom stereocenters. The highest BCUT2D eigenvalue weighted by molar-refractivity contribution is 5.39. The predicted molar refractivity (Wildman–Crippen MR) is 74.6 cm³/mol. The van der Waals surface area contributed by atoms with Gasteiger partial charge in [-0.25, -0.2) is 0 Å². The molecule has 18 heavy (non-hydrogen) atoms. The van der Waals surface area contributed by atoms with Crippen LogP contribution in [0.3, 0.4) is 0 Å². The molecule has 0 aliphatic carbocycles. The van der Waals surface area contributed by atoms with E-state index in [9.17, 15) is 0 Å². The Labute approximate surface area is 110 Å². The maximum Gasteiger partial charge on any atom is 0.122 e. The minimum absolute atomic E-state index is 0.439. The average Bonchev–Trinajstić information content (AvgIpc) is 2.86. The van der Waals surface area contributed by atoms with Crippen LogP contribution in [0.25, 0.3) is 0 Å². The number of fused-ring (bicyclic) bond motifs is 1. The van der Waals surface area contributed by atoms with Gasteiger partial charge >= 0.3 is 0 Å². The lowest BCUT2D eigenvalue weighted by molar-refractivity contribution is 0.357. The van der Waals surface area contributed by atoms with E-state index in [0.29, 0.717) is 6.04 Å². The SMILES string of the molecule is CCCCC(CCc1ccc2c(c1)CCO2)NN. The molecule has 1 aliphatic heterocycles. The maximum atomic E-state index is 5.60. The van der Waals surface area contributed by atoms with Gasteiger partial charge in [0.25, 0.3) is 0 Å². The van der Waals surface area contributed by atoms with Gasteiger partial charge in [-0.15, -0.1) is 0 Å². The zero-order valence-electron chi connectivity index (χ0n) is 11.2. The zero-order valence-corrected chi connectivity index (χ0v) is 11.2. The van der Waals surface area contributed by atoms with Crippen molar-refractivity contribution in [2.24, 2.45) is 5.84 Å². The molecule has 0 saturated carbocycles. The summed E-state index contributed by atoms with van der Waals surface area (Å²) < 4.78 is 5.52. The third-order valence-electron chi connectivity index (χ3n) is 3.68. The fourth-order valence-electron chi connectivity index (χ4n) is 2.50. The molecule has 0 saturated heterocycles. The van der Waals surface area contributed by atoms with Gasteiger partial charge in [0.05, 0.1) is 6.61 Å². The molecule has 1 aromatic rings. The highest BCUT2D eigenvalue weighted by Gasteiger charge is 2.12. The van der Waals surface area contributed by atoms with E-state index in [2.05, 4.69) is 30.5 Å². The van der Waals surface area contributed by atoms with Crippen LogP contribution in [-0.4, -0.2) is 12.6 Å². The van der Waals surface area contributed by atoms with Gasteiger partial charge in [-0.3, -0.25) is 11.3 Å². The van der Waals surface area contributed by atoms with E-state index < -0.39 is 0 Å². The lowest BCUT2D eigenvalue weighted by Gasteiger charge is -2.15. The third-order valence-corrected chi connectivity index (χ3v) is 3.68. The van der Waals surface area contributed by atoms with Gasteiger partial charge in [0.15, 0.2) is 0 Å². The van der Waals surface area contributed by atoms with E-state index in [1.54, 1.807) is 0 Å². The number of ether oxygens (including phenoxy) is 1. The Bertz CT molecular complexity index is 379. The van der Waals surface area contributed by atoms with E-state index in [1.165, 1.54) is 30.4 Å². The van der Waals surface area contributed by atoms with Gasteiger partial charge < -0.3 is 4.74 Å². The van der Waals surface area contributed by atoms with Crippen molar-refractivity contribution in [3.63, 3.8) is 0 Å². The molecule has 3 nitrogen and oxygen atoms in total. The summed E-state index contributed by atoms with van der Waals surface area (Å²) in [6.45, 7) is 3.05. The fraction of sp³-hybridized carbons (Fsp3) is 0.600. The van der Waals surface area contributed by atoms with Crippen LogP contribution < -0.4 is 16.0 Å². The molecule has 0 aromatic heterocycles. The predicted octanol–water partition coefficient (Wildman–Crippen LogP) is 2.58. The molecule has 0 bridgehead atoms. The molecule has 0 fully saturated rings. The number of hydrazine groups is 1. The molecule has 0 radical (unpaired) electrons. The largest absolute Gasteiger partial charge is 0.493 e. The normalized spacial score (nSPS) is 15.2. The first kappa shape index (κ1) is 13.4. The molecule has 3 N–H and O–H groups in total. The molecule has 1 aliphatic rings. The molecule has 100 valence electrons. The Kier molecular flexibility index (Phi) is 5.02. The monoisotopic (exact) mass is 248 g/mol. The summed E-state index contributed by atoms with van der Waals surface area (Å²) in [5.74, 6) is 6.67. The second-order valence-corrected chi connectivity index (χ2v) is 5.09. The minimum Gasteiger partial charge on any atom is -0.493 e. The van der Waals surface area contributed by atoms with Crippen molar-refractivity contribution in [1.29, 1.82) is 0 Å². The number of hydrogen-bond acceptors (Lipinski definition) is 3. The van der Waals surface area contributed by atoms with Crippen LogP contribution >= 0.6 is 0 Å². The number of nitrogens with one attached hydrogen (secondary N) is 1. The van der Waals surface area contributed by atoms with E-state index in [0.717, 1.165) is 31.6 Å². The minimum atomic E-state index is 0.439. The van der Waals surface area contributed by atoms with Gasteiger partial charge in [0.1, 0.15) is 5.75 Å². The van der Waals surface area contributed by atoms with E-state index >= 15 is 0 Å². The summed E-state index contributed by atoms with van der Waals surface area (Å²) in [4.78, 5) is 0. The topological polar surface area (TPSA) is 47.3 Å². The van der Waals surface area contributed by atoms with Crippen molar-refractivity contribution in [2.45, 2.75) is 51.5 Å². The number of hydrogen-bond donors (Lipinski definition) is 2. The third kappa shape index (κ3) is 3.47. The van der Waals surface area contributed by atoms with Gasteiger partial charge in [-0.05, 0) is 36.5 Å². The average molecular weight is 248 g/mol. The van der Waals surface area contributed by atoms with E-state index in [-0.39, 0.29) is 0 Å². The maximum absolute atomic E-state index is 5.60. The summed E-state index contributed by atoms with van der Waals surface area (Å²) in [5, 5.41) is 0. The lowest BCUT2D eigenvalue weighted by Crippen LogP contribution is -2.35. The van der Waals surface area contributed by atoms with Crippen LogP contribution in [0.2, 0.25) is 0 Å². The van der Waals surface area contributed by atoms with Crippen LogP contribution in [-0.2, 0) is 12.8 Å². The molecule has 3 heteroatoms. The van der Waals surface area contributed by atoms with Gasteiger partial charge in [0.2, 0.25) is 0 Å². The first-order chi connectivity index (χ1) is 8.83. The summed E-state index contributed by atoms with van der Waals surface area (Å²) in [5.41, 5.74) is 5.69. The smallest absolute Gasteiger partial charge is 0.122 e.